The molecule has 19 heavy (non-hydrogen) atoms. The molecule has 4 nitrogen and oxygen atoms in total. The van der Waals surface area contributed by atoms with Crippen LogP contribution in [0.25, 0.3) is 0 Å². The van der Waals surface area contributed by atoms with Crippen molar-refractivity contribution < 1.29 is 19.0 Å². The van der Waals surface area contributed by atoms with Gasteiger partial charge in [0.1, 0.15) is 18.5 Å². The summed E-state index contributed by atoms with van der Waals surface area (Å²) in [5, 5.41) is 12.5. The van der Waals surface area contributed by atoms with Gasteiger partial charge in [-0.1, -0.05) is 26.0 Å². The largest absolute Gasteiger partial charge is 0.459 e. The third kappa shape index (κ3) is 6.52. The Bertz CT molecular complexity index is 401. The van der Waals surface area contributed by atoms with Crippen LogP contribution in [0, 0.1) is 5.82 Å². The van der Waals surface area contributed by atoms with Crippen molar-refractivity contribution in [1.82, 2.24) is 5.32 Å². The fourth-order valence-electron chi connectivity index (χ4n) is 1.31. The van der Waals surface area contributed by atoms with Crippen LogP contribution >= 0.6 is 12.4 Å². The standard InChI is InChI=1S/C13H18FNO3.ClH/c1-9(2)15-7-10(16)8-18-13(17)11-5-3-4-6-12(11)14;/h3-6,9-10,15-16H,7-8H2,1-2H3;1H. The lowest BCUT2D eigenvalue weighted by Gasteiger charge is -2.14. The highest BCUT2D eigenvalue weighted by molar-refractivity contribution is 5.89. The lowest BCUT2D eigenvalue weighted by molar-refractivity contribution is 0.0251. The first-order valence-electron chi connectivity index (χ1n) is 5.83. The number of aliphatic hydroxyl groups is 1. The summed E-state index contributed by atoms with van der Waals surface area (Å²) in [7, 11) is 0. The van der Waals surface area contributed by atoms with Crippen molar-refractivity contribution in [2.75, 3.05) is 13.2 Å². The van der Waals surface area contributed by atoms with E-state index in [9.17, 15) is 14.3 Å². The number of ether oxygens (including phenoxy) is 1. The van der Waals surface area contributed by atoms with Gasteiger partial charge in [-0.15, -0.1) is 12.4 Å². The number of carbonyl (C=O) groups excluding carboxylic acids is 1. The molecule has 1 rings (SSSR count). The van der Waals surface area contributed by atoms with Crippen molar-refractivity contribution in [3.05, 3.63) is 35.6 Å². The van der Waals surface area contributed by atoms with Crippen molar-refractivity contribution in [3.8, 4) is 0 Å². The molecule has 108 valence electrons. The van der Waals surface area contributed by atoms with Crippen LogP contribution < -0.4 is 5.32 Å². The maximum atomic E-state index is 13.2. The Labute approximate surface area is 118 Å². The minimum atomic E-state index is -0.803. The Morgan fingerprint density at radius 1 is 1.42 bits per heavy atom. The van der Waals surface area contributed by atoms with Crippen molar-refractivity contribution in [2.45, 2.75) is 26.0 Å². The number of carbonyl (C=O) groups is 1. The Balaban J connectivity index is 0.00000324. The smallest absolute Gasteiger partial charge is 0.341 e. The molecule has 0 radical (unpaired) electrons. The van der Waals surface area contributed by atoms with E-state index in [2.05, 4.69) is 5.32 Å². The fourth-order valence-corrected chi connectivity index (χ4v) is 1.31. The minimum Gasteiger partial charge on any atom is -0.459 e. The number of rotatable bonds is 6. The van der Waals surface area contributed by atoms with E-state index in [1.807, 2.05) is 13.8 Å². The number of aliphatic hydroxyl groups excluding tert-OH is 1. The summed E-state index contributed by atoms with van der Waals surface area (Å²) in [5.41, 5.74) is -0.124. The molecule has 0 saturated carbocycles. The number of benzene rings is 1. The zero-order chi connectivity index (χ0) is 13.5. The molecule has 0 bridgehead atoms. The molecule has 0 saturated heterocycles. The van der Waals surface area contributed by atoms with E-state index in [1.165, 1.54) is 18.2 Å². The molecule has 0 amide bonds. The minimum absolute atomic E-state index is 0. The average Bonchev–Trinajstić information content (AvgIpc) is 2.34. The Hall–Kier alpha value is -1.17. The van der Waals surface area contributed by atoms with Gasteiger partial charge in [0.05, 0.1) is 5.56 Å². The number of hydrogen-bond acceptors (Lipinski definition) is 4. The van der Waals surface area contributed by atoms with E-state index >= 15 is 0 Å². The molecule has 0 fully saturated rings. The van der Waals surface area contributed by atoms with Crippen LogP contribution in [0.1, 0.15) is 24.2 Å². The van der Waals surface area contributed by atoms with Gasteiger partial charge in [0.25, 0.3) is 0 Å². The number of hydrogen-bond donors (Lipinski definition) is 2. The first kappa shape index (κ1) is 17.8. The van der Waals surface area contributed by atoms with Crippen molar-refractivity contribution in [1.29, 1.82) is 0 Å². The van der Waals surface area contributed by atoms with Crippen LogP contribution in [0.4, 0.5) is 4.39 Å². The average molecular weight is 292 g/mol. The Morgan fingerprint density at radius 3 is 2.63 bits per heavy atom. The number of nitrogens with one attached hydrogen (secondary N) is 1. The molecule has 0 heterocycles. The van der Waals surface area contributed by atoms with E-state index in [-0.39, 0.29) is 30.6 Å². The van der Waals surface area contributed by atoms with E-state index in [4.69, 9.17) is 4.74 Å². The fraction of sp³-hybridized carbons (Fsp3) is 0.462. The predicted octanol–water partition coefficient (Wildman–Crippen LogP) is 1.76. The third-order valence-electron chi connectivity index (χ3n) is 2.26. The first-order valence-corrected chi connectivity index (χ1v) is 5.83. The first-order chi connectivity index (χ1) is 8.50. The Morgan fingerprint density at radius 2 is 2.05 bits per heavy atom. The van der Waals surface area contributed by atoms with Crippen LogP contribution in [0.3, 0.4) is 0 Å². The number of halogens is 2. The molecule has 1 unspecified atom stereocenters. The van der Waals surface area contributed by atoms with E-state index < -0.39 is 17.9 Å². The molecule has 0 aliphatic rings. The normalized spacial score (nSPS) is 11.8. The lowest BCUT2D eigenvalue weighted by atomic mass is 10.2. The highest BCUT2D eigenvalue weighted by Gasteiger charge is 2.14. The second-order valence-corrected chi connectivity index (χ2v) is 4.30. The van der Waals surface area contributed by atoms with Crippen molar-refractivity contribution in [2.24, 2.45) is 0 Å². The second kappa shape index (κ2) is 8.85. The zero-order valence-corrected chi connectivity index (χ0v) is 11.7. The van der Waals surface area contributed by atoms with Gasteiger partial charge in [-0.3, -0.25) is 0 Å². The summed E-state index contributed by atoms with van der Waals surface area (Å²) in [6.07, 6.45) is -0.803. The molecule has 1 aromatic rings. The molecule has 0 aliphatic heterocycles. The molecule has 0 aromatic heterocycles. The molecular weight excluding hydrogens is 273 g/mol. The van der Waals surface area contributed by atoms with Gasteiger partial charge >= 0.3 is 5.97 Å². The molecule has 0 aliphatic carbocycles. The second-order valence-electron chi connectivity index (χ2n) is 4.30. The summed E-state index contributed by atoms with van der Waals surface area (Å²) in [6, 6.07) is 5.81. The SMILES string of the molecule is CC(C)NCC(O)COC(=O)c1ccccc1F.Cl. The van der Waals surface area contributed by atoms with Crippen LogP contribution in [0.2, 0.25) is 0 Å². The van der Waals surface area contributed by atoms with E-state index in [1.54, 1.807) is 6.07 Å². The summed E-state index contributed by atoms with van der Waals surface area (Å²) < 4.78 is 18.1. The number of esters is 1. The molecule has 6 heteroatoms. The maximum Gasteiger partial charge on any atom is 0.341 e. The summed E-state index contributed by atoms with van der Waals surface area (Å²) in [5.74, 6) is -1.39. The summed E-state index contributed by atoms with van der Waals surface area (Å²) in [6.45, 7) is 4.05. The highest BCUT2D eigenvalue weighted by Crippen LogP contribution is 2.07. The molecule has 1 aromatic carbocycles. The molecular formula is C13H19ClFNO3. The van der Waals surface area contributed by atoms with Gasteiger partial charge in [-0.2, -0.15) is 0 Å². The van der Waals surface area contributed by atoms with Crippen molar-refractivity contribution in [3.63, 3.8) is 0 Å². The molecule has 2 N–H and O–H groups in total. The zero-order valence-electron chi connectivity index (χ0n) is 10.9. The van der Waals surface area contributed by atoms with Crippen LogP contribution in [-0.2, 0) is 4.74 Å². The quantitative estimate of drug-likeness (QED) is 0.784. The van der Waals surface area contributed by atoms with Crippen LogP contribution in [0.15, 0.2) is 24.3 Å². The third-order valence-corrected chi connectivity index (χ3v) is 2.26. The topological polar surface area (TPSA) is 58.6 Å². The lowest BCUT2D eigenvalue weighted by Crippen LogP contribution is -2.35. The van der Waals surface area contributed by atoms with Gasteiger partial charge in [0.15, 0.2) is 0 Å². The molecule has 0 spiro atoms. The van der Waals surface area contributed by atoms with Crippen molar-refractivity contribution >= 4 is 18.4 Å². The summed E-state index contributed by atoms with van der Waals surface area (Å²) >= 11 is 0. The molecule has 1 atom stereocenters. The Kier molecular flexibility index (Phi) is 8.30. The van der Waals surface area contributed by atoms with Gasteiger partial charge in [0, 0.05) is 12.6 Å². The van der Waals surface area contributed by atoms with Gasteiger partial charge < -0.3 is 15.2 Å². The van der Waals surface area contributed by atoms with Gasteiger partial charge in [0.2, 0.25) is 0 Å². The van der Waals surface area contributed by atoms with Crippen LogP contribution in [0.5, 0.6) is 0 Å². The van der Waals surface area contributed by atoms with Gasteiger partial charge in [-0.05, 0) is 12.1 Å². The highest BCUT2D eigenvalue weighted by atomic mass is 35.5. The monoisotopic (exact) mass is 291 g/mol. The van der Waals surface area contributed by atoms with E-state index in [0.717, 1.165) is 0 Å². The van der Waals surface area contributed by atoms with Crippen LogP contribution in [-0.4, -0.2) is 36.4 Å². The maximum absolute atomic E-state index is 13.2. The van der Waals surface area contributed by atoms with E-state index in [0.29, 0.717) is 6.54 Å². The van der Waals surface area contributed by atoms with Gasteiger partial charge in [-0.25, -0.2) is 9.18 Å². The summed E-state index contributed by atoms with van der Waals surface area (Å²) in [4.78, 5) is 11.5. The predicted molar refractivity (Wildman–Crippen MR) is 73.1 cm³/mol.